The molecular formula is C12H16BrNO5S. The van der Waals surface area contributed by atoms with Crippen molar-refractivity contribution in [2.24, 2.45) is 0 Å². The number of sulfonamides is 1. The Bertz CT molecular complexity index is 627. The number of benzene rings is 1. The number of methoxy groups -OCH3 is 1. The van der Waals surface area contributed by atoms with Crippen LogP contribution in [0.1, 0.15) is 13.8 Å². The number of nitrogens with zero attached hydrogens (tertiary/aromatic N) is 1. The number of aliphatic carboxylic acids is 1. The molecule has 0 saturated carbocycles. The van der Waals surface area contributed by atoms with Gasteiger partial charge in [0, 0.05) is 7.05 Å². The van der Waals surface area contributed by atoms with Crippen LogP contribution in [0.5, 0.6) is 5.75 Å². The smallest absolute Gasteiger partial charge is 0.324 e. The summed E-state index contributed by atoms with van der Waals surface area (Å²) in [6, 6.07) is 4.24. The van der Waals surface area contributed by atoms with Crippen LogP contribution in [0.25, 0.3) is 0 Å². The third-order valence-electron chi connectivity index (χ3n) is 3.09. The summed E-state index contributed by atoms with van der Waals surface area (Å²) < 4.78 is 31.2. The maximum atomic E-state index is 12.4. The number of carboxylic acid groups (broad SMARTS) is 1. The molecule has 0 radical (unpaired) electrons. The largest absolute Gasteiger partial charge is 0.496 e. The van der Waals surface area contributed by atoms with Gasteiger partial charge in [-0.05, 0) is 48.0 Å². The van der Waals surface area contributed by atoms with E-state index >= 15 is 0 Å². The minimum Gasteiger partial charge on any atom is -0.496 e. The molecule has 0 unspecified atom stereocenters. The summed E-state index contributed by atoms with van der Waals surface area (Å²) in [5, 5.41) is 9.12. The maximum absolute atomic E-state index is 12.4. The molecule has 0 spiro atoms. The van der Waals surface area contributed by atoms with Crippen molar-refractivity contribution in [1.29, 1.82) is 0 Å². The molecule has 0 amide bonds. The van der Waals surface area contributed by atoms with Gasteiger partial charge < -0.3 is 9.84 Å². The van der Waals surface area contributed by atoms with E-state index in [-0.39, 0.29) is 4.90 Å². The third kappa shape index (κ3) is 2.97. The zero-order chi connectivity index (χ0) is 15.7. The number of carboxylic acids is 1. The number of hydrogen-bond donors (Lipinski definition) is 1. The highest BCUT2D eigenvalue weighted by molar-refractivity contribution is 9.10. The lowest BCUT2D eigenvalue weighted by molar-refractivity contribution is -0.145. The van der Waals surface area contributed by atoms with Crippen LogP contribution in [-0.4, -0.2) is 43.5 Å². The lowest BCUT2D eigenvalue weighted by atomic mass is 10.1. The first-order valence-electron chi connectivity index (χ1n) is 5.61. The molecule has 20 heavy (non-hydrogen) atoms. The SMILES string of the molecule is COc1ccc(S(=O)(=O)N(C)C(C)(C)C(=O)O)cc1Br. The van der Waals surface area contributed by atoms with Crippen LogP contribution in [-0.2, 0) is 14.8 Å². The Morgan fingerprint density at radius 2 is 1.95 bits per heavy atom. The van der Waals surface area contributed by atoms with Gasteiger partial charge in [-0.3, -0.25) is 4.79 Å². The van der Waals surface area contributed by atoms with E-state index in [4.69, 9.17) is 9.84 Å². The van der Waals surface area contributed by atoms with Gasteiger partial charge >= 0.3 is 5.97 Å². The second-order valence-electron chi connectivity index (χ2n) is 4.63. The fraction of sp³-hybridized carbons (Fsp3) is 0.417. The average molecular weight is 366 g/mol. The van der Waals surface area contributed by atoms with E-state index in [9.17, 15) is 13.2 Å². The summed E-state index contributed by atoms with van der Waals surface area (Å²) in [5.74, 6) is -0.736. The minimum atomic E-state index is -3.92. The monoisotopic (exact) mass is 365 g/mol. The number of carbonyl (C=O) groups is 1. The molecule has 1 aromatic carbocycles. The molecule has 1 N–H and O–H groups in total. The van der Waals surface area contributed by atoms with Crippen LogP contribution >= 0.6 is 15.9 Å². The normalized spacial score (nSPS) is 12.5. The molecule has 1 aromatic rings. The Hall–Kier alpha value is -1.12. The fourth-order valence-electron chi connectivity index (χ4n) is 1.40. The molecule has 0 aliphatic carbocycles. The van der Waals surface area contributed by atoms with Crippen LogP contribution in [0.3, 0.4) is 0 Å². The topological polar surface area (TPSA) is 83.9 Å². The highest BCUT2D eigenvalue weighted by Gasteiger charge is 2.40. The molecule has 8 heteroatoms. The van der Waals surface area contributed by atoms with Crippen LogP contribution < -0.4 is 4.74 Å². The summed E-state index contributed by atoms with van der Waals surface area (Å²) in [7, 11) is -1.22. The van der Waals surface area contributed by atoms with Crippen LogP contribution in [0.15, 0.2) is 27.6 Å². The molecule has 112 valence electrons. The number of halogens is 1. The molecule has 0 bridgehead atoms. The highest BCUT2D eigenvalue weighted by Crippen LogP contribution is 2.30. The van der Waals surface area contributed by atoms with E-state index in [0.29, 0.717) is 10.2 Å². The minimum absolute atomic E-state index is 0.0120. The summed E-state index contributed by atoms with van der Waals surface area (Å²) >= 11 is 3.20. The van der Waals surface area contributed by atoms with E-state index in [1.54, 1.807) is 0 Å². The predicted octanol–water partition coefficient (Wildman–Crippen LogP) is 1.94. The lowest BCUT2D eigenvalue weighted by Gasteiger charge is -2.30. The van der Waals surface area contributed by atoms with Crippen molar-refractivity contribution in [2.75, 3.05) is 14.2 Å². The van der Waals surface area contributed by atoms with Crippen LogP contribution in [0, 0.1) is 0 Å². The Balaban J connectivity index is 3.30. The molecule has 0 saturated heterocycles. The zero-order valence-corrected chi connectivity index (χ0v) is 13.9. The Morgan fingerprint density at radius 1 is 1.40 bits per heavy atom. The molecular weight excluding hydrogens is 350 g/mol. The van der Waals surface area contributed by atoms with Crippen molar-refractivity contribution >= 4 is 31.9 Å². The third-order valence-corrected chi connectivity index (χ3v) is 5.74. The number of rotatable bonds is 5. The molecule has 0 aliphatic heterocycles. The molecule has 0 aromatic heterocycles. The first kappa shape index (κ1) is 16.9. The van der Waals surface area contributed by atoms with Gasteiger partial charge in [0.25, 0.3) is 0 Å². The van der Waals surface area contributed by atoms with Crippen molar-refractivity contribution in [3.63, 3.8) is 0 Å². The quantitative estimate of drug-likeness (QED) is 0.861. The van der Waals surface area contributed by atoms with E-state index in [0.717, 1.165) is 4.31 Å². The first-order chi connectivity index (χ1) is 9.05. The molecule has 6 nitrogen and oxygen atoms in total. The second-order valence-corrected chi connectivity index (χ2v) is 7.46. The highest BCUT2D eigenvalue weighted by atomic mass is 79.9. The van der Waals surface area contributed by atoms with Gasteiger partial charge in [0.15, 0.2) is 0 Å². The van der Waals surface area contributed by atoms with Gasteiger partial charge in [-0.15, -0.1) is 0 Å². The van der Waals surface area contributed by atoms with Crippen molar-refractivity contribution in [3.8, 4) is 5.75 Å². The van der Waals surface area contributed by atoms with Gasteiger partial charge in [0.05, 0.1) is 16.5 Å². The summed E-state index contributed by atoms with van der Waals surface area (Å²) in [6.07, 6.45) is 0. The summed E-state index contributed by atoms with van der Waals surface area (Å²) in [6.45, 7) is 2.65. The fourth-order valence-corrected chi connectivity index (χ4v) is 3.60. The van der Waals surface area contributed by atoms with Crippen molar-refractivity contribution in [2.45, 2.75) is 24.3 Å². The maximum Gasteiger partial charge on any atom is 0.324 e. The number of hydrogen-bond acceptors (Lipinski definition) is 4. The lowest BCUT2D eigenvalue weighted by Crippen LogP contribution is -2.50. The second kappa shape index (κ2) is 5.71. The van der Waals surface area contributed by atoms with Gasteiger partial charge in [-0.25, -0.2) is 8.42 Å². The number of likely N-dealkylation sites (N-methyl/N-ethyl adjacent to an activating group) is 1. The van der Waals surface area contributed by atoms with Gasteiger partial charge in [0.1, 0.15) is 11.3 Å². The zero-order valence-electron chi connectivity index (χ0n) is 11.5. The Kier molecular flexibility index (Phi) is 4.83. The standard InChI is InChI=1S/C12H16BrNO5S/c1-12(2,11(15)16)14(3)20(17,18)8-5-6-10(19-4)9(13)7-8/h5-7H,1-4H3,(H,15,16). The number of ether oxygens (including phenoxy) is 1. The molecule has 0 fully saturated rings. The van der Waals surface area contributed by atoms with Gasteiger partial charge in [-0.2, -0.15) is 4.31 Å². The van der Waals surface area contributed by atoms with E-state index in [1.807, 2.05) is 0 Å². The predicted molar refractivity (Wildman–Crippen MR) is 77.4 cm³/mol. The van der Waals surface area contributed by atoms with Crippen molar-refractivity contribution in [1.82, 2.24) is 4.31 Å². The Labute approximate surface area is 126 Å². The molecule has 0 aliphatic rings. The van der Waals surface area contributed by atoms with Gasteiger partial charge in [0.2, 0.25) is 10.0 Å². The van der Waals surface area contributed by atoms with Crippen LogP contribution in [0.2, 0.25) is 0 Å². The first-order valence-corrected chi connectivity index (χ1v) is 7.84. The molecule has 1 rings (SSSR count). The average Bonchev–Trinajstić information content (AvgIpc) is 2.37. The van der Waals surface area contributed by atoms with Crippen LogP contribution in [0.4, 0.5) is 0 Å². The summed E-state index contributed by atoms with van der Waals surface area (Å²) in [4.78, 5) is 11.2. The van der Waals surface area contributed by atoms with E-state index in [1.165, 1.54) is 46.2 Å². The van der Waals surface area contributed by atoms with Gasteiger partial charge in [-0.1, -0.05) is 0 Å². The summed E-state index contributed by atoms with van der Waals surface area (Å²) in [5.41, 5.74) is -1.55. The molecule has 0 heterocycles. The van der Waals surface area contributed by atoms with E-state index < -0.39 is 21.5 Å². The van der Waals surface area contributed by atoms with Crippen molar-refractivity contribution in [3.05, 3.63) is 22.7 Å². The Morgan fingerprint density at radius 3 is 2.35 bits per heavy atom. The molecule has 0 atom stereocenters. The van der Waals surface area contributed by atoms with E-state index in [2.05, 4.69) is 15.9 Å². The van der Waals surface area contributed by atoms with Crippen molar-refractivity contribution < 1.29 is 23.1 Å².